The fourth-order valence-electron chi connectivity index (χ4n) is 2.68. The summed E-state index contributed by atoms with van der Waals surface area (Å²) in [5.41, 5.74) is 2.30. The van der Waals surface area contributed by atoms with Crippen molar-refractivity contribution in [2.75, 3.05) is 5.32 Å². The Morgan fingerprint density at radius 2 is 1.80 bits per heavy atom. The minimum atomic E-state index is -4.93. The summed E-state index contributed by atoms with van der Waals surface area (Å²) in [6.07, 6.45) is -4.93. The molecule has 0 saturated heterocycles. The van der Waals surface area contributed by atoms with Crippen LogP contribution in [-0.2, 0) is 0 Å². The van der Waals surface area contributed by atoms with Gasteiger partial charge in [0, 0.05) is 5.56 Å². The number of amides is 1. The van der Waals surface area contributed by atoms with E-state index in [9.17, 15) is 18.0 Å². The van der Waals surface area contributed by atoms with E-state index >= 15 is 0 Å². The third kappa shape index (κ3) is 4.49. The molecule has 1 N–H and O–H groups in total. The van der Waals surface area contributed by atoms with Gasteiger partial charge >= 0.3 is 12.4 Å². The Labute approximate surface area is 171 Å². The molecule has 2 aromatic heterocycles. The summed E-state index contributed by atoms with van der Waals surface area (Å²) >= 11 is 1.57. The average Bonchev–Trinajstić information content (AvgIpc) is 3.39. The molecule has 0 unspecified atom stereocenters. The number of hydrogen-bond acceptors (Lipinski definition) is 6. The second-order valence-corrected chi connectivity index (χ2v) is 6.78. The first-order valence-corrected chi connectivity index (χ1v) is 9.46. The number of hydrogen-bond donors (Lipinski definition) is 1. The summed E-state index contributed by atoms with van der Waals surface area (Å²) in [5, 5.41) is 13.9. The molecule has 6 nitrogen and oxygen atoms in total. The highest BCUT2D eigenvalue weighted by molar-refractivity contribution is 7.08. The lowest BCUT2D eigenvalue weighted by Gasteiger charge is -2.12. The van der Waals surface area contributed by atoms with Crippen molar-refractivity contribution in [2.45, 2.75) is 6.36 Å². The van der Waals surface area contributed by atoms with Gasteiger partial charge in [0.1, 0.15) is 5.75 Å². The van der Waals surface area contributed by atoms with Crippen molar-refractivity contribution in [3.05, 3.63) is 70.9 Å². The van der Waals surface area contributed by atoms with Crippen LogP contribution >= 0.6 is 11.3 Å². The highest BCUT2D eigenvalue weighted by atomic mass is 32.1. The molecule has 1 amide bonds. The Morgan fingerprint density at radius 3 is 2.57 bits per heavy atom. The van der Waals surface area contributed by atoms with Gasteiger partial charge in [-0.15, -0.1) is 18.3 Å². The van der Waals surface area contributed by atoms with Crippen LogP contribution in [0.2, 0.25) is 0 Å². The predicted octanol–water partition coefficient (Wildman–Crippen LogP) is 5.62. The molecule has 0 saturated carbocycles. The number of thiophene rings is 1. The van der Waals surface area contributed by atoms with E-state index in [0.29, 0.717) is 5.56 Å². The number of benzene rings is 2. The third-order valence-electron chi connectivity index (χ3n) is 3.97. The molecule has 2 aromatic carbocycles. The Bertz CT molecular complexity index is 1170. The van der Waals surface area contributed by atoms with E-state index in [-0.39, 0.29) is 17.5 Å². The molecule has 0 radical (unpaired) electrons. The number of carbonyl (C=O) groups is 1. The number of para-hydroxylation sites is 1. The van der Waals surface area contributed by atoms with E-state index in [1.807, 2.05) is 35.0 Å². The van der Waals surface area contributed by atoms with Gasteiger partial charge in [-0.05, 0) is 52.2 Å². The second-order valence-electron chi connectivity index (χ2n) is 6.00. The van der Waals surface area contributed by atoms with Crippen LogP contribution in [-0.4, -0.2) is 22.5 Å². The van der Waals surface area contributed by atoms with Crippen molar-refractivity contribution in [3.63, 3.8) is 0 Å². The monoisotopic (exact) mass is 431 g/mol. The topological polar surface area (TPSA) is 77.3 Å². The van der Waals surface area contributed by atoms with Crippen molar-refractivity contribution in [3.8, 4) is 28.3 Å². The molecule has 4 aromatic rings. The largest absolute Gasteiger partial charge is 0.573 e. The Kier molecular flexibility index (Phi) is 5.23. The van der Waals surface area contributed by atoms with E-state index in [4.69, 9.17) is 4.42 Å². The van der Waals surface area contributed by atoms with Crippen molar-refractivity contribution in [1.82, 2.24) is 10.2 Å². The lowest BCUT2D eigenvalue weighted by Crippen LogP contribution is -2.20. The van der Waals surface area contributed by atoms with Crippen LogP contribution in [0.4, 0.5) is 19.2 Å². The van der Waals surface area contributed by atoms with Crippen LogP contribution in [0, 0.1) is 0 Å². The molecule has 30 heavy (non-hydrogen) atoms. The second kappa shape index (κ2) is 7.99. The van der Waals surface area contributed by atoms with Crippen molar-refractivity contribution >= 4 is 23.3 Å². The summed E-state index contributed by atoms with van der Waals surface area (Å²) in [6.45, 7) is 0. The van der Waals surface area contributed by atoms with Crippen molar-refractivity contribution in [1.29, 1.82) is 0 Å². The maximum Gasteiger partial charge on any atom is 0.573 e. The highest BCUT2D eigenvalue weighted by Crippen LogP contribution is 2.29. The number of nitrogens with one attached hydrogen (secondary N) is 1. The molecule has 152 valence electrons. The SMILES string of the molecule is O=C(Nc1nnc(-c2cccc(-c3ccsc3)c2)o1)c1ccccc1OC(F)(F)F. The number of alkyl halides is 3. The molecule has 0 fully saturated rings. The fraction of sp³-hybridized carbons (Fsp3) is 0.0500. The smallest absolute Gasteiger partial charge is 0.405 e. The minimum Gasteiger partial charge on any atom is -0.405 e. The molecule has 0 spiro atoms. The van der Waals surface area contributed by atoms with Crippen LogP contribution in [0.5, 0.6) is 5.75 Å². The van der Waals surface area contributed by atoms with Crippen LogP contribution < -0.4 is 10.1 Å². The van der Waals surface area contributed by atoms with E-state index in [0.717, 1.165) is 17.2 Å². The van der Waals surface area contributed by atoms with Gasteiger partial charge in [0.05, 0.1) is 5.56 Å². The van der Waals surface area contributed by atoms with Gasteiger partial charge in [-0.25, -0.2) is 0 Å². The maximum atomic E-state index is 12.5. The van der Waals surface area contributed by atoms with Gasteiger partial charge in [0.2, 0.25) is 5.89 Å². The summed E-state index contributed by atoms with van der Waals surface area (Å²) < 4.78 is 47.0. The zero-order valence-electron chi connectivity index (χ0n) is 15.0. The number of rotatable bonds is 5. The van der Waals surface area contributed by atoms with E-state index in [1.165, 1.54) is 18.2 Å². The van der Waals surface area contributed by atoms with Gasteiger partial charge in [-0.3, -0.25) is 10.1 Å². The van der Waals surface area contributed by atoms with Gasteiger partial charge < -0.3 is 9.15 Å². The van der Waals surface area contributed by atoms with Crippen LogP contribution in [0.1, 0.15) is 10.4 Å². The summed E-state index contributed by atoms with van der Waals surface area (Å²) in [4.78, 5) is 12.4. The van der Waals surface area contributed by atoms with E-state index < -0.39 is 18.0 Å². The molecule has 0 aliphatic carbocycles. The maximum absolute atomic E-state index is 12.5. The number of carbonyl (C=O) groups excluding carboxylic acids is 1. The summed E-state index contributed by atoms with van der Waals surface area (Å²) in [7, 11) is 0. The quantitative estimate of drug-likeness (QED) is 0.444. The third-order valence-corrected chi connectivity index (χ3v) is 4.65. The van der Waals surface area contributed by atoms with Crippen molar-refractivity contribution in [2.24, 2.45) is 0 Å². The van der Waals surface area contributed by atoms with Crippen LogP contribution in [0.3, 0.4) is 0 Å². The number of ether oxygens (including phenoxy) is 1. The lowest BCUT2D eigenvalue weighted by molar-refractivity contribution is -0.274. The van der Waals surface area contributed by atoms with Gasteiger partial charge in [0.25, 0.3) is 5.91 Å². The molecule has 0 aliphatic heterocycles. The molecular weight excluding hydrogens is 419 g/mol. The van der Waals surface area contributed by atoms with Crippen LogP contribution in [0.15, 0.2) is 69.8 Å². The Balaban J connectivity index is 1.54. The van der Waals surface area contributed by atoms with E-state index in [1.54, 1.807) is 17.4 Å². The van der Waals surface area contributed by atoms with E-state index in [2.05, 4.69) is 20.3 Å². The summed E-state index contributed by atoms with van der Waals surface area (Å²) in [5.74, 6) is -1.36. The molecule has 10 heteroatoms. The number of nitrogens with zero attached hydrogens (tertiary/aromatic N) is 2. The molecule has 0 bridgehead atoms. The van der Waals surface area contributed by atoms with Crippen LogP contribution in [0.25, 0.3) is 22.6 Å². The molecular formula is C20H12F3N3O3S. The molecule has 0 atom stereocenters. The molecule has 4 rings (SSSR count). The average molecular weight is 431 g/mol. The highest BCUT2D eigenvalue weighted by Gasteiger charge is 2.33. The number of aromatic nitrogens is 2. The van der Waals surface area contributed by atoms with Gasteiger partial charge in [-0.1, -0.05) is 29.4 Å². The summed E-state index contributed by atoms with van der Waals surface area (Å²) in [6, 6.07) is 14.1. The van der Waals surface area contributed by atoms with Gasteiger partial charge in [-0.2, -0.15) is 11.3 Å². The Hall–Kier alpha value is -3.66. The first kappa shape index (κ1) is 19.6. The number of halogens is 3. The first-order chi connectivity index (χ1) is 14.4. The zero-order chi connectivity index (χ0) is 21.1. The fourth-order valence-corrected chi connectivity index (χ4v) is 3.35. The zero-order valence-corrected chi connectivity index (χ0v) is 15.8. The molecule has 0 aliphatic rings. The van der Waals surface area contributed by atoms with Crippen molar-refractivity contribution < 1.29 is 27.1 Å². The lowest BCUT2D eigenvalue weighted by atomic mass is 10.1. The first-order valence-electron chi connectivity index (χ1n) is 8.52. The standard InChI is InChI=1S/C20H12F3N3O3S/c21-20(22,23)29-16-7-2-1-6-15(16)17(27)24-19-26-25-18(28-19)13-5-3-4-12(10-13)14-8-9-30-11-14/h1-11H,(H,24,26,27). The Morgan fingerprint density at radius 1 is 1.00 bits per heavy atom. The van der Waals surface area contributed by atoms with Gasteiger partial charge in [0.15, 0.2) is 0 Å². The normalized spacial score (nSPS) is 11.3. The number of anilines is 1. The minimum absolute atomic E-state index is 0.155. The predicted molar refractivity (Wildman–Crippen MR) is 104 cm³/mol. The molecule has 2 heterocycles.